The van der Waals surface area contributed by atoms with Gasteiger partial charge in [0.1, 0.15) is 6.10 Å². The van der Waals surface area contributed by atoms with Crippen molar-refractivity contribution in [3.63, 3.8) is 0 Å². The van der Waals surface area contributed by atoms with Gasteiger partial charge in [0, 0.05) is 46.9 Å². The third-order valence-corrected chi connectivity index (χ3v) is 3.75. The van der Waals surface area contributed by atoms with Crippen molar-refractivity contribution in [1.29, 1.82) is 0 Å². The van der Waals surface area contributed by atoms with Crippen molar-refractivity contribution >= 4 is 11.8 Å². The van der Waals surface area contributed by atoms with Crippen molar-refractivity contribution in [2.45, 2.75) is 18.9 Å². The van der Waals surface area contributed by atoms with E-state index in [1.807, 2.05) is 4.90 Å². The molecule has 19 heavy (non-hydrogen) atoms. The number of carbonyl (C=O) groups excluding carboxylic acids is 2. The monoisotopic (exact) mass is 269 g/mol. The van der Waals surface area contributed by atoms with Gasteiger partial charge in [0.05, 0.1) is 6.54 Å². The summed E-state index contributed by atoms with van der Waals surface area (Å²) in [4.78, 5) is 29.3. The lowest BCUT2D eigenvalue weighted by Gasteiger charge is -2.35. The van der Waals surface area contributed by atoms with Gasteiger partial charge in [-0.25, -0.2) is 0 Å². The highest BCUT2D eigenvalue weighted by Crippen LogP contribution is 2.15. The van der Waals surface area contributed by atoms with E-state index in [1.54, 1.807) is 19.0 Å². The van der Waals surface area contributed by atoms with Crippen LogP contribution in [0, 0.1) is 0 Å². The lowest BCUT2D eigenvalue weighted by atomic mass is 10.2. The average Bonchev–Trinajstić information content (AvgIpc) is 2.92. The maximum Gasteiger partial charge on any atom is 0.251 e. The van der Waals surface area contributed by atoms with Crippen LogP contribution in [0.4, 0.5) is 0 Å². The molecule has 2 amide bonds. The Morgan fingerprint density at radius 2 is 1.89 bits per heavy atom. The first-order valence-electron chi connectivity index (χ1n) is 6.91. The van der Waals surface area contributed by atoms with Crippen LogP contribution in [0.25, 0.3) is 0 Å². The molecular weight excluding hydrogens is 246 g/mol. The van der Waals surface area contributed by atoms with Gasteiger partial charge in [-0.05, 0) is 12.8 Å². The predicted octanol–water partition coefficient (Wildman–Crippen LogP) is -0.602. The summed E-state index contributed by atoms with van der Waals surface area (Å²) < 4.78 is 5.43. The number of amides is 2. The van der Waals surface area contributed by atoms with Gasteiger partial charge in [-0.15, -0.1) is 0 Å². The molecule has 0 saturated carbocycles. The van der Waals surface area contributed by atoms with Crippen LogP contribution < -0.4 is 0 Å². The molecular formula is C13H23N3O3. The number of hydrogen-bond acceptors (Lipinski definition) is 4. The third kappa shape index (κ3) is 3.67. The van der Waals surface area contributed by atoms with E-state index in [1.165, 1.54) is 0 Å². The first-order valence-corrected chi connectivity index (χ1v) is 6.91. The first kappa shape index (κ1) is 14.3. The minimum atomic E-state index is -0.227. The van der Waals surface area contributed by atoms with E-state index in [0.29, 0.717) is 26.2 Å². The Balaban J connectivity index is 1.75. The van der Waals surface area contributed by atoms with Crippen LogP contribution in [-0.2, 0) is 14.3 Å². The highest BCUT2D eigenvalue weighted by molar-refractivity contribution is 5.81. The Hall–Kier alpha value is -1.14. The summed E-state index contributed by atoms with van der Waals surface area (Å²) in [5.74, 6) is 0.231. The van der Waals surface area contributed by atoms with E-state index >= 15 is 0 Å². The van der Waals surface area contributed by atoms with Crippen LogP contribution >= 0.6 is 0 Å². The van der Waals surface area contributed by atoms with Crippen molar-refractivity contribution in [1.82, 2.24) is 14.7 Å². The molecule has 0 radical (unpaired) electrons. The lowest BCUT2D eigenvalue weighted by Crippen LogP contribution is -2.53. The average molecular weight is 269 g/mol. The fourth-order valence-corrected chi connectivity index (χ4v) is 2.44. The molecule has 1 unspecified atom stereocenters. The molecule has 0 N–H and O–H groups in total. The van der Waals surface area contributed by atoms with Crippen molar-refractivity contribution in [2.24, 2.45) is 0 Å². The molecule has 2 fully saturated rings. The van der Waals surface area contributed by atoms with Gasteiger partial charge in [-0.3, -0.25) is 14.5 Å². The number of nitrogens with zero attached hydrogens (tertiary/aromatic N) is 3. The summed E-state index contributed by atoms with van der Waals surface area (Å²) in [6.07, 6.45) is 1.60. The molecule has 0 spiro atoms. The van der Waals surface area contributed by atoms with Crippen molar-refractivity contribution < 1.29 is 14.3 Å². The third-order valence-electron chi connectivity index (χ3n) is 3.75. The van der Waals surface area contributed by atoms with Crippen LogP contribution in [0.15, 0.2) is 0 Å². The number of piperazine rings is 1. The van der Waals surface area contributed by atoms with E-state index in [2.05, 4.69) is 4.90 Å². The minimum Gasteiger partial charge on any atom is -0.368 e. The molecule has 6 nitrogen and oxygen atoms in total. The highest BCUT2D eigenvalue weighted by Gasteiger charge is 2.30. The molecule has 2 saturated heterocycles. The van der Waals surface area contributed by atoms with Gasteiger partial charge in [0.15, 0.2) is 0 Å². The lowest BCUT2D eigenvalue weighted by molar-refractivity contribution is -0.143. The molecule has 108 valence electrons. The van der Waals surface area contributed by atoms with Gasteiger partial charge in [-0.1, -0.05) is 0 Å². The molecule has 6 heteroatoms. The Morgan fingerprint density at radius 1 is 1.21 bits per heavy atom. The Kier molecular flexibility index (Phi) is 4.76. The fraction of sp³-hybridized carbons (Fsp3) is 0.846. The normalized spacial score (nSPS) is 24.5. The van der Waals surface area contributed by atoms with Crippen LogP contribution in [0.3, 0.4) is 0 Å². The van der Waals surface area contributed by atoms with E-state index in [4.69, 9.17) is 4.74 Å². The summed E-state index contributed by atoms with van der Waals surface area (Å²) in [7, 11) is 3.53. The molecule has 2 aliphatic heterocycles. The van der Waals surface area contributed by atoms with Crippen molar-refractivity contribution in [3.05, 3.63) is 0 Å². The summed E-state index contributed by atoms with van der Waals surface area (Å²) in [5, 5.41) is 0. The first-order chi connectivity index (χ1) is 9.08. The van der Waals surface area contributed by atoms with E-state index in [9.17, 15) is 9.59 Å². The molecule has 2 rings (SSSR count). The van der Waals surface area contributed by atoms with Crippen molar-refractivity contribution in [2.75, 3.05) is 53.4 Å². The van der Waals surface area contributed by atoms with Gasteiger partial charge in [-0.2, -0.15) is 0 Å². The van der Waals surface area contributed by atoms with E-state index < -0.39 is 0 Å². The van der Waals surface area contributed by atoms with Crippen LogP contribution in [0.1, 0.15) is 12.8 Å². The summed E-state index contributed by atoms with van der Waals surface area (Å²) in [6.45, 7) is 4.05. The second-order valence-electron chi connectivity index (χ2n) is 5.39. The second kappa shape index (κ2) is 6.34. The van der Waals surface area contributed by atoms with Gasteiger partial charge in [0.25, 0.3) is 5.91 Å². The highest BCUT2D eigenvalue weighted by atomic mass is 16.5. The topological polar surface area (TPSA) is 53.1 Å². The van der Waals surface area contributed by atoms with Crippen LogP contribution in [-0.4, -0.2) is 86.0 Å². The summed E-state index contributed by atoms with van der Waals surface area (Å²) in [6, 6.07) is 0. The molecule has 2 aliphatic rings. The number of ether oxygens (including phenoxy) is 1. The molecule has 0 aromatic heterocycles. The second-order valence-corrected chi connectivity index (χ2v) is 5.39. The van der Waals surface area contributed by atoms with Gasteiger partial charge >= 0.3 is 0 Å². The quantitative estimate of drug-likeness (QED) is 0.686. The molecule has 0 bridgehead atoms. The molecule has 2 heterocycles. The zero-order chi connectivity index (χ0) is 13.8. The zero-order valence-corrected chi connectivity index (χ0v) is 11.8. The standard InChI is InChI=1S/C13H23N3O3/c1-14(2)12(17)10-15-5-7-16(8-6-15)13(18)11-4-3-9-19-11/h11H,3-10H2,1-2H3. The Bertz CT molecular complexity index is 332. The minimum absolute atomic E-state index is 0.110. The smallest absolute Gasteiger partial charge is 0.251 e. The number of likely N-dealkylation sites (N-methyl/N-ethyl adjacent to an activating group) is 1. The Morgan fingerprint density at radius 3 is 2.42 bits per heavy atom. The van der Waals surface area contributed by atoms with Crippen LogP contribution in [0.2, 0.25) is 0 Å². The zero-order valence-electron chi connectivity index (χ0n) is 11.8. The number of rotatable bonds is 3. The van der Waals surface area contributed by atoms with E-state index in [-0.39, 0.29) is 17.9 Å². The summed E-state index contributed by atoms with van der Waals surface area (Å²) in [5.41, 5.74) is 0. The molecule has 0 aliphatic carbocycles. The fourth-order valence-electron chi connectivity index (χ4n) is 2.44. The Labute approximate surface area is 114 Å². The number of carbonyl (C=O) groups is 2. The molecule has 0 aromatic rings. The molecule has 1 atom stereocenters. The van der Waals surface area contributed by atoms with Crippen molar-refractivity contribution in [3.8, 4) is 0 Å². The largest absolute Gasteiger partial charge is 0.368 e. The predicted molar refractivity (Wildman–Crippen MR) is 70.7 cm³/mol. The maximum atomic E-state index is 12.1. The van der Waals surface area contributed by atoms with Gasteiger partial charge < -0.3 is 14.5 Å². The maximum absolute atomic E-state index is 12.1. The SMILES string of the molecule is CN(C)C(=O)CN1CCN(C(=O)C2CCCO2)CC1. The van der Waals surface area contributed by atoms with E-state index in [0.717, 1.165) is 25.9 Å². The summed E-state index contributed by atoms with van der Waals surface area (Å²) >= 11 is 0. The van der Waals surface area contributed by atoms with Crippen LogP contribution in [0.5, 0.6) is 0 Å². The number of hydrogen-bond donors (Lipinski definition) is 0. The molecule has 0 aromatic carbocycles. The van der Waals surface area contributed by atoms with Gasteiger partial charge in [0.2, 0.25) is 5.91 Å².